The Bertz CT molecular complexity index is 1020. The standard InChI is InChI=1S/C19H25N5O4S3/c1-28-16-4-2-3-14(11-16)20-18-21-22-19(30-18)29-12-17(25)24-8-6-23(7-9-24)15-5-10-31(26,27)13-15/h2-4,11,15H,5-10,12-13H2,1H3,(H,20,21). The van der Waals surface area contributed by atoms with Gasteiger partial charge in [0.25, 0.3) is 0 Å². The maximum atomic E-state index is 12.6. The van der Waals surface area contributed by atoms with Crippen LogP contribution in [0, 0.1) is 0 Å². The number of nitrogens with zero attached hydrogens (tertiary/aromatic N) is 4. The van der Waals surface area contributed by atoms with Crippen molar-refractivity contribution >= 4 is 49.7 Å². The number of hydrogen-bond acceptors (Lipinski definition) is 10. The van der Waals surface area contributed by atoms with Crippen LogP contribution in [0.1, 0.15) is 6.42 Å². The third-order valence-corrected chi connectivity index (χ3v) is 9.15. The van der Waals surface area contributed by atoms with E-state index in [0.29, 0.717) is 30.4 Å². The summed E-state index contributed by atoms with van der Waals surface area (Å²) in [5, 5.41) is 12.1. The summed E-state index contributed by atoms with van der Waals surface area (Å²) >= 11 is 2.78. The number of anilines is 2. The minimum Gasteiger partial charge on any atom is -0.497 e. The van der Waals surface area contributed by atoms with Gasteiger partial charge in [0.2, 0.25) is 11.0 Å². The van der Waals surface area contributed by atoms with Gasteiger partial charge >= 0.3 is 0 Å². The number of benzene rings is 1. The first-order valence-corrected chi connectivity index (χ1v) is 13.6. The van der Waals surface area contributed by atoms with Crippen LogP contribution in [0.5, 0.6) is 5.75 Å². The zero-order valence-electron chi connectivity index (χ0n) is 17.2. The third-order valence-electron chi connectivity index (χ3n) is 5.44. The largest absolute Gasteiger partial charge is 0.497 e. The van der Waals surface area contributed by atoms with E-state index < -0.39 is 9.84 Å². The van der Waals surface area contributed by atoms with Crippen LogP contribution in [0.25, 0.3) is 0 Å². The average Bonchev–Trinajstić information content (AvgIpc) is 3.38. The first kappa shape index (κ1) is 22.3. The number of carbonyl (C=O) groups excluding carboxylic acids is 1. The van der Waals surface area contributed by atoms with E-state index in [9.17, 15) is 13.2 Å². The summed E-state index contributed by atoms with van der Waals surface area (Å²) in [5.74, 6) is 1.67. The molecule has 1 amide bonds. The molecule has 2 aliphatic heterocycles. The molecule has 0 aliphatic carbocycles. The summed E-state index contributed by atoms with van der Waals surface area (Å²) in [4.78, 5) is 16.7. The Morgan fingerprint density at radius 3 is 2.81 bits per heavy atom. The number of ether oxygens (including phenoxy) is 1. The molecule has 3 heterocycles. The number of rotatable bonds is 7. The molecule has 168 valence electrons. The van der Waals surface area contributed by atoms with Crippen molar-refractivity contribution in [3.8, 4) is 5.75 Å². The van der Waals surface area contributed by atoms with E-state index in [-0.39, 0.29) is 23.5 Å². The molecule has 31 heavy (non-hydrogen) atoms. The molecule has 1 aromatic carbocycles. The Morgan fingerprint density at radius 1 is 1.29 bits per heavy atom. The number of carbonyl (C=O) groups is 1. The van der Waals surface area contributed by atoms with E-state index in [1.165, 1.54) is 23.1 Å². The minimum atomic E-state index is -2.88. The molecule has 2 aromatic rings. The van der Waals surface area contributed by atoms with E-state index in [1.54, 1.807) is 7.11 Å². The number of nitrogens with one attached hydrogen (secondary N) is 1. The highest BCUT2D eigenvalue weighted by Crippen LogP contribution is 2.29. The van der Waals surface area contributed by atoms with Gasteiger partial charge in [0.15, 0.2) is 14.2 Å². The molecule has 1 N–H and O–H groups in total. The van der Waals surface area contributed by atoms with Gasteiger partial charge in [-0.25, -0.2) is 8.42 Å². The molecular formula is C19H25N5O4S3. The van der Waals surface area contributed by atoms with Crippen molar-refractivity contribution in [2.24, 2.45) is 0 Å². The van der Waals surface area contributed by atoms with Gasteiger partial charge in [0.1, 0.15) is 5.75 Å². The summed E-state index contributed by atoms with van der Waals surface area (Å²) in [6.45, 7) is 2.72. The Hall–Kier alpha value is -1.89. The molecule has 2 fully saturated rings. The van der Waals surface area contributed by atoms with E-state index in [2.05, 4.69) is 20.4 Å². The molecule has 0 spiro atoms. The predicted octanol–water partition coefficient (Wildman–Crippen LogP) is 1.71. The number of thioether (sulfide) groups is 1. The van der Waals surface area contributed by atoms with Crippen LogP contribution in [-0.4, -0.2) is 90.9 Å². The Balaban J connectivity index is 1.22. The lowest BCUT2D eigenvalue weighted by Gasteiger charge is -2.37. The maximum absolute atomic E-state index is 12.6. The number of amides is 1. The van der Waals surface area contributed by atoms with Crippen molar-refractivity contribution in [2.75, 3.05) is 55.9 Å². The van der Waals surface area contributed by atoms with Crippen LogP contribution in [0.2, 0.25) is 0 Å². The molecule has 2 saturated heterocycles. The van der Waals surface area contributed by atoms with Gasteiger partial charge in [-0.05, 0) is 18.6 Å². The molecule has 12 heteroatoms. The fourth-order valence-electron chi connectivity index (χ4n) is 3.76. The monoisotopic (exact) mass is 483 g/mol. The van der Waals surface area contributed by atoms with Crippen molar-refractivity contribution < 1.29 is 17.9 Å². The van der Waals surface area contributed by atoms with Gasteiger partial charge in [0, 0.05) is 44.0 Å². The van der Waals surface area contributed by atoms with Gasteiger partial charge in [0.05, 0.1) is 24.4 Å². The van der Waals surface area contributed by atoms with Crippen LogP contribution in [0.15, 0.2) is 28.6 Å². The molecule has 0 saturated carbocycles. The third kappa shape index (κ3) is 5.88. The number of aromatic nitrogens is 2. The molecule has 9 nitrogen and oxygen atoms in total. The molecule has 2 aliphatic rings. The number of piperazine rings is 1. The molecule has 1 atom stereocenters. The molecule has 1 aromatic heterocycles. The second kappa shape index (κ2) is 9.72. The topological polar surface area (TPSA) is 105 Å². The lowest BCUT2D eigenvalue weighted by atomic mass is 10.2. The number of hydrogen-bond donors (Lipinski definition) is 1. The van der Waals surface area contributed by atoms with Gasteiger partial charge in [-0.15, -0.1) is 10.2 Å². The average molecular weight is 484 g/mol. The fraction of sp³-hybridized carbons (Fsp3) is 0.526. The van der Waals surface area contributed by atoms with Gasteiger partial charge < -0.3 is 15.0 Å². The second-order valence-electron chi connectivity index (χ2n) is 7.49. The van der Waals surface area contributed by atoms with Crippen molar-refractivity contribution in [3.05, 3.63) is 24.3 Å². The highest BCUT2D eigenvalue weighted by atomic mass is 32.2. The van der Waals surface area contributed by atoms with Gasteiger partial charge in [-0.3, -0.25) is 9.69 Å². The summed E-state index contributed by atoms with van der Waals surface area (Å²) in [6.07, 6.45) is 0.704. The summed E-state index contributed by atoms with van der Waals surface area (Å²) in [5.41, 5.74) is 0.857. The highest BCUT2D eigenvalue weighted by Gasteiger charge is 2.34. The zero-order valence-corrected chi connectivity index (χ0v) is 19.6. The van der Waals surface area contributed by atoms with E-state index in [4.69, 9.17) is 4.74 Å². The molecule has 4 rings (SSSR count). The summed E-state index contributed by atoms with van der Waals surface area (Å²) in [7, 11) is -1.26. The Labute approximate surface area is 190 Å². The van der Waals surface area contributed by atoms with Crippen molar-refractivity contribution in [1.29, 1.82) is 0 Å². The van der Waals surface area contributed by atoms with Crippen LogP contribution in [0.3, 0.4) is 0 Å². The summed E-state index contributed by atoms with van der Waals surface area (Å²) in [6, 6.07) is 7.66. The van der Waals surface area contributed by atoms with Crippen LogP contribution in [-0.2, 0) is 14.6 Å². The highest BCUT2D eigenvalue weighted by molar-refractivity contribution is 8.01. The Kier molecular flexibility index (Phi) is 6.99. The number of methoxy groups -OCH3 is 1. The van der Waals surface area contributed by atoms with E-state index in [1.807, 2.05) is 29.2 Å². The zero-order chi connectivity index (χ0) is 21.8. The first-order chi connectivity index (χ1) is 14.9. The molecule has 0 radical (unpaired) electrons. The lowest BCUT2D eigenvalue weighted by Crippen LogP contribution is -2.52. The maximum Gasteiger partial charge on any atom is 0.233 e. The van der Waals surface area contributed by atoms with Crippen LogP contribution in [0.4, 0.5) is 10.8 Å². The number of sulfone groups is 1. The van der Waals surface area contributed by atoms with Crippen LogP contribution < -0.4 is 10.1 Å². The van der Waals surface area contributed by atoms with Crippen LogP contribution >= 0.6 is 23.1 Å². The van der Waals surface area contributed by atoms with Crippen molar-refractivity contribution in [3.63, 3.8) is 0 Å². The fourth-order valence-corrected chi connectivity index (χ4v) is 7.19. The lowest BCUT2D eigenvalue weighted by molar-refractivity contribution is -0.130. The summed E-state index contributed by atoms with van der Waals surface area (Å²) < 4.78 is 29.3. The molecular weight excluding hydrogens is 458 g/mol. The van der Waals surface area contributed by atoms with Gasteiger partial charge in [-0.2, -0.15) is 0 Å². The van der Waals surface area contributed by atoms with E-state index in [0.717, 1.165) is 28.9 Å². The molecule has 0 bridgehead atoms. The van der Waals surface area contributed by atoms with E-state index >= 15 is 0 Å². The second-order valence-corrected chi connectivity index (χ2v) is 11.9. The SMILES string of the molecule is COc1cccc(Nc2nnc(SCC(=O)N3CCN(C4CCS(=O)(=O)C4)CC3)s2)c1. The quantitative estimate of drug-likeness (QED) is 0.589. The Morgan fingerprint density at radius 2 is 2.10 bits per heavy atom. The molecule has 1 unspecified atom stereocenters. The minimum absolute atomic E-state index is 0.0706. The van der Waals surface area contributed by atoms with Gasteiger partial charge in [-0.1, -0.05) is 29.2 Å². The van der Waals surface area contributed by atoms with Crippen molar-refractivity contribution in [2.45, 2.75) is 16.8 Å². The predicted molar refractivity (Wildman–Crippen MR) is 122 cm³/mol. The normalized spacial score (nSPS) is 21.2. The first-order valence-electron chi connectivity index (χ1n) is 10.0. The smallest absolute Gasteiger partial charge is 0.233 e. The van der Waals surface area contributed by atoms with Crippen molar-refractivity contribution in [1.82, 2.24) is 20.0 Å².